The number of carbonyl (C=O) groups is 1. The topological polar surface area (TPSA) is 46.5 Å². The van der Waals surface area contributed by atoms with Gasteiger partial charge in [0.1, 0.15) is 5.75 Å². The number of aromatic hydroxyl groups is 1. The summed E-state index contributed by atoms with van der Waals surface area (Å²) in [6, 6.07) is 6.05. The summed E-state index contributed by atoms with van der Waals surface area (Å²) in [6.45, 7) is 2.55. The fourth-order valence-corrected chi connectivity index (χ4v) is 1.46. The molecule has 0 radical (unpaired) electrons. The van der Waals surface area contributed by atoms with Gasteiger partial charge in [0.15, 0.2) is 0 Å². The van der Waals surface area contributed by atoms with Crippen molar-refractivity contribution in [3.8, 4) is 5.75 Å². The van der Waals surface area contributed by atoms with E-state index in [1.165, 1.54) is 25.0 Å². The average molecular weight is 248 g/mol. The van der Waals surface area contributed by atoms with E-state index >= 15 is 0 Å². The number of phenols is 1. The van der Waals surface area contributed by atoms with Gasteiger partial charge in [-0.05, 0) is 37.1 Å². The van der Waals surface area contributed by atoms with Crippen LogP contribution < -0.4 is 0 Å². The molecule has 0 aliphatic carbocycles. The minimum Gasteiger partial charge on any atom is -0.508 e. The predicted octanol–water partition coefficient (Wildman–Crippen LogP) is 3.69. The summed E-state index contributed by atoms with van der Waals surface area (Å²) in [5.74, 6) is -0.206. The predicted molar refractivity (Wildman–Crippen MR) is 71.7 cm³/mol. The van der Waals surface area contributed by atoms with Crippen molar-refractivity contribution in [3.05, 3.63) is 42.0 Å². The second-order valence-corrected chi connectivity index (χ2v) is 4.09. The summed E-state index contributed by atoms with van der Waals surface area (Å²) in [5.41, 5.74) is 0.461. The molecule has 0 amide bonds. The summed E-state index contributed by atoms with van der Waals surface area (Å²) in [6.07, 6.45) is 8.39. The highest BCUT2D eigenvalue weighted by Crippen LogP contribution is 2.10. The van der Waals surface area contributed by atoms with E-state index in [1.54, 1.807) is 12.1 Å². The molecule has 18 heavy (non-hydrogen) atoms. The highest BCUT2D eigenvalue weighted by molar-refractivity contribution is 5.89. The van der Waals surface area contributed by atoms with E-state index in [-0.39, 0.29) is 11.7 Å². The van der Waals surface area contributed by atoms with Gasteiger partial charge in [-0.25, -0.2) is 4.79 Å². The van der Waals surface area contributed by atoms with Crippen molar-refractivity contribution in [1.29, 1.82) is 0 Å². The molecule has 0 heterocycles. The molecule has 0 aliphatic heterocycles. The van der Waals surface area contributed by atoms with Crippen LogP contribution >= 0.6 is 0 Å². The monoisotopic (exact) mass is 248 g/mol. The molecule has 0 bridgehead atoms. The maximum atomic E-state index is 11.6. The number of allylic oxidation sites excluding steroid dienone is 1. The van der Waals surface area contributed by atoms with Gasteiger partial charge in [-0.15, -0.1) is 0 Å². The molecule has 1 aromatic rings. The molecule has 0 aromatic heterocycles. The lowest BCUT2D eigenvalue weighted by atomic mass is 10.2. The Morgan fingerprint density at radius 1 is 1.22 bits per heavy atom. The molecule has 1 N–H and O–H groups in total. The third-order valence-corrected chi connectivity index (χ3v) is 2.51. The van der Waals surface area contributed by atoms with E-state index in [1.807, 2.05) is 6.08 Å². The first kappa shape index (κ1) is 14.3. The van der Waals surface area contributed by atoms with Crippen LogP contribution in [0.25, 0.3) is 0 Å². The molecule has 1 aromatic carbocycles. The zero-order valence-electron chi connectivity index (χ0n) is 10.8. The van der Waals surface area contributed by atoms with Crippen LogP contribution in [0.15, 0.2) is 36.4 Å². The molecule has 0 aliphatic rings. The molecule has 0 saturated carbocycles. The Labute approximate surface area is 108 Å². The van der Waals surface area contributed by atoms with Crippen LogP contribution in [0.5, 0.6) is 5.75 Å². The van der Waals surface area contributed by atoms with E-state index in [0.29, 0.717) is 12.2 Å². The highest BCUT2D eigenvalue weighted by Gasteiger charge is 2.05. The number of benzene rings is 1. The van der Waals surface area contributed by atoms with Gasteiger partial charge in [-0.2, -0.15) is 0 Å². The van der Waals surface area contributed by atoms with Gasteiger partial charge >= 0.3 is 5.97 Å². The van der Waals surface area contributed by atoms with Crippen molar-refractivity contribution < 1.29 is 14.6 Å². The summed E-state index contributed by atoms with van der Waals surface area (Å²) in [5, 5.41) is 9.09. The summed E-state index contributed by atoms with van der Waals surface area (Å²) < 4.78 is 5.10. The van der Waals surface area contributed by atoms with Gasteiger partial charge < -0.3 is 9.84 Å². The third kappa shape index (κ3) is 5.53. The van der Waals surface area contributed by atoms with Crippen molar-refractivity contribution in [2.45, 2.75) is 32.6 Å². The Morgan fingerprint density at radius 2 is 1.89 bits per heavy atom. The lowest BCUT2D eigenvalue weighted by Gasteiger charge is -2.02. The Balaban J connectivity index is 2.21. The number of unbranched alkanes of at least 4 members (excludes halogenated alkanes) is 2. The Morgan fingerprint density at radius 3 is 2.56 bits per heavy atom. The number of carbonyl (C=O) groups excluding carboxylic acids is 1. The van der Waals surface area contributed by atoms with E-state index in [2.05, 4.69) is 13.0 Å². The van der Waals surface area contributed by atoms with Crippen LogP contribution in [-0.4, -0.2) is 17.7 Å². The van der Waals surface area contributed by atoms with Crippen LogP contribution in [0.4, 0.5) is 0 Å². The number of phenolic OH excluding ortho intramolecular Hbond substituents is 1. The van der Waals surface area contributed by atoms with Crippen LogP contribution in [0.2, 0.25) is 0 Å². The van der Waals surface area contributed by atoms with Gasteiger partial charge in [-0.3, -0.25) is 0 Å². The van der Waals surface area contributed by atoms with Crippen LogP contribution in [0, 0.1) is 0 Å². The molecule has 0 spiro atoms. The first-order valence-electron chi connectivity index (χ1n) is 6.35. The lowest BCUT2D eigenvalue weighted by molar-refractivity contribution is 0.0511. The van der Waals surface area contributed by atoms with E-state index in [9.17, 15) is 4.79 Å². The normalized spacial score (nSPS) is 10.7. The standard InChI is InChI=1S/C15H20O3/c1-2-3-4-5-6-7-12-18-15(17)13-8-10-14(16)11-9-13/h5-6,8-11,16H,2-4,7,12H2,1H3/b6-5+. The van der Waals surface area contributed by atoms with E-state index in [0.717, 1.165) is 12.8 Å². The van der Waals surface area contributed by atoms with Gasteiger partial charge in [0, 0.05) is 0 Å². The number of ether oxygens (including phenoxy) is 1. The van der Waals surface area contributed by atoms with Gasteiger partial charge in [-0.1, -0.05) is 31.9 Å². The highest BCUT2D eigenvalue weighted by atomic mass is 16.5. The smallest absolute Gasteiger partial charge is 0.338 e. The van der Waals surface area contributed by atoms with Crippen molar-refractivity contribution in [1.82, 2.24) is 0 Å². The molecule has 3 heteroatoms. The van der Waals surface area contributed by atoms with Crippen molar-refractivity contribution >= 4 is 5.97 Å². The molecule has 98 valence electrons. The van der Waals surface area contributed by atoms with Gasteiger partial charge in [0.05, 0.1) is 12.2 Å². The largest absolute Gasteiger partial charge is 0.508 e. The Hall–Kier alpha value is -1.77. The minimum atomic E-state index is -0.350. The number of hydrogen-bond acceptors (Lipinski definition) is 3. The molecule has 0 saturated heterocycles. The Kier molecular flexibility index (Phi) is 6.62. The fourth-order valence-electron chi connectivity index (χ4n) is 1.46. The minimum absolute atomic E-state index is 0.144. The molecule has 3 nitrogen and oxygen atoms in total. The maximum Gasteiger partial charge on any atom is 0.338 e. The molecule has 0 atom stereocenters. The number of rotatable bonds is 7. The van der Waals surface area contributed by atoms with E-state index in [4.69, 9.17) is 9.84 Å². The molecule has 1 rings (SSSR count). The van der Waals surface area contributed by atoms with Crippen LogP contribution in [-0.2, 0) is 4.74 Å². The molecular weight excluding hydrogens is 228 g/mol. The van der Waals surface area contributed by atoms with Gasteiger partial charge in [0.2, 0.25) is 0 Å². The fraction of sp³-hybridized carbons (Fsp3) is 0.400. The Bertz CT molecular complexity index is 379. The second kappa shape index (κ2) is 8.34. The zero-order chi connectivity index (χ0) is 13.2. The van der Waals surface area contributed by atoms with Crippen LogP contribution in [0.1, 0.15) is 43.0 Å². The average Bonchev–Trinajstić information content (AvgIpc) is 2.38. The number of esters is 1. The zero-order valence-corrected chi connectivity index (χ0v) is 10.8. The van der Waals surface area contributed by atoms with Crippen molar-refractivity contribution in [3.63, 3.8) is 0 Å². The van der Waals surface area contributed by atoms with Gasteiger partial charge in [0.25, 0.3) is 0 Å². The third-order valence-electron chi connectivity index (χ3n) is 2.51. The molecule has 0 fully saturated rings. The second-order valence-electron chi connectivity index (χ2n) is 4.09. The first-order chi connectivity index (χ1) is 8.74. The SMILES string of the molecule is CCCC/C=C/CCOC(=O)c1ccc(O)cc1. The summed E-state index contributed by atoms with van der Waals surface area (Å²) in [7, 11) is 0. The summed E-state index contributed by atoms with van der Waals surface area (Å²) >= 11 is 0. The van der Waals surface area contributed by atoms with Crippen molar-refractivity contribution in [2.24, 2.45) is 0 Å². The van der Waals surface area contributed by atoms with E-state index < -0.39 is 0 Å². The maximum absolute atomic E-state index is 11.6. The quantitative estimate of drug-likeness (QED) is 0.455. The van der Waals surface area contributed by atoms with Crippen molar-refractivity contribution in [2.75, 3.05) is 6.61 Å². The van der Waals surface area contributed by atoms with Crippen LogP contribution in [0.3, 0.4) is 0 Å². The lowest BCUT2D eigenvalue weighted by Crippen LogP contribution is -2.05. The summed E-state index contributed by atoms with van der Waals surface area (Å²) in [4.78, 5) is 11.6. The number of hydrogen-bond donors (Lipinski definition) is 1. The molecular formula is C15H20O3. The first-order valence-corrected chi connectivity index (χ1v) is 6.35. The molecule has 0 unspecified atom stereocenters.